The molecule has 1 unspecified atom stereocenters. The Kier molecular flexibility index (Phi) is 4.24. The van der Waals surface area contributed by atoms with Crippen LogP contribution in [0, 0.1) is 0 Å². The first kappa shape index (κ1) is 15.8. The van der Waals surface area contributed by atoms with Crippen LogP contribution < -0.4 is 10.1 Å². The molecule has 1 aromatic carbocycles. The van der Waals surface area contributed by atoms with Gasteiger partial charge in [0.25, 0.3) is 0 Å². The highest BCUT2D eigenvalue weighted by molar-refractivity contribution is 5.57. The average Bonchev–Trinajstić information content (AvgIpc) is 3.25. The number of ether oxygens (including phenoxy) is 1. The van der Waals surface area contributed by atoms with Crippen molar-refractivity contribution in [3.05, 3.63) is 65.6 Å². The van der Waals surface area contributed by atoms with Gasteiger partial charge in [0, 0.05) is 42.7 Å². The van der Waals surface area contributed by atoms with Crippen LogP contribution in [0.25, 0.3) is 11.3 Å². The van der Waals surface area contributed by atoms with Gasteiger partial charge in [-0.25, -0.2) is 0 Å². The Morgan fingerprint density at radius 2 is 2.24 bits per heavy atom. The number of rotatable bonds is 5. The van der Waals surface area contributed by atoms with Crippen LogP contribution in [0.15, 0.2) is 48.8 Å². The number of hydrogen-bond donors (Lipinski definition) is 2. The molecule has 3 aromatic rings. The highest BCUT2D eigenvalue weighted by atomic mass is 16.5. The predicted molar refractivity (Wildman–Crippen MR) is 97.3 cm³/mol. The molecule has 4 rings (SSSR count). The van der Waals surface area contributed by atoms with Crippen LogP contribution in [0.5, 0.6) is 5.75 Å². The predicted octanol–water partition coefficient (Wildman–Crippen LogP) is 3.65. The van der Waals surface area contributed by atoms with Crippen molar-refractivity contribution >= 4 is 0 Å². The van der Waals surface area contributed by atoms with Crippen molar-refractivity contribution in [2.75, 3.05) is 0 Å². The van der Waals surface area contributed by atoms with E-state index in [1.165, 1.54) is 11.1 Å². The monoisotopic (exact) mass is 334 g/mol. The van der Waals surface area contributed by atoms with Gasteiger partial charge in [0.05, 0.1) is 5.69 Å². The minimum atomic E-state index is 0.256. The van der Waals surface area contributed by atoms with Crippen molar-refractivity contribution in [3.63, 3.8) is 0 Å². The molecule has 0 saturated carbocycles. The van der Waals surface area contributed by atoms with Gasteiger partial charge in [0.2, 0.25) is 0 Å². The maximum absolute atomic E-state index is 5.78. The van der Waals surface area contributed by atoms with Crippen molar-refractivity contribution in [3.8, 4) is 17.0 Å². The zero-order valence-corrected chi connectivity index (χ0v) is 14.5. The molecular weight excluding hydrogens is 312 g/mol. The summed E-state index contributed by atoms with van der Waals surface area (Å²) in [6.45, 7) is 5.03. The molecule has 0 aliphatic carbocycles. The lowest BCUT2D eigenvalue weighted by molar-refractivity contribution is 0.254. The first-order valence-electron chi connectivity index (χ1n) is 8.66. The zero-order valence-electron chi connectivity index (χ0n) is 14.5. The second-order valence-corrected chi connectivity index (χ2v) is 6.62. The van der Waals surface area contributed by atoms with Gasteiger partial charge >= 0.3 is 0 Å². The summed E-state index contributed by atoms with van der Waals surface area (Å²) in [5.41, 5.74) is 5.58. The van der Waals surface area contributed by atoms with Crippen molar-refractivity contribution in [1.29, 1.82) is 0 Å². The summed E-state index contributed by atoms with van der Waals surface area (Å²) in [7, 11) is 0. The van der Waals surface area contributed by atoms with E-state index in [9.17, 15) is 0 Å². The van der Waals surface area contributed by atoms with Crippen LogP contribution in [0.3, 0.4) is 0 Å². The molecule has 3 heterocycles. The van der Waals surface area contributed by atoms with Crippen LogP contribution in [-0.4, -0.2) is 21.3 Å². The van der Waals surface area contributed by atoms with E-state index in [0.29, 0.717) is 0 Å². The van der Waals surface area contributed by atoms with E-state index in [1.807, 2.05) is 18.3 Å². The SMILES string of the molecule is CC1Cc2cc([C@H](C)NCc3cc(-c4cccnc4)n[nH]3)ccc2O1. The highest BCUT2D eigenvalue weighted by Crippen LogP contribution is 2.31. The summed E-state index contributed by atoms with van der Waals surface area (Å²) in [5.74, 6) is 1.03. The smallest absolute Gasteiger partial charge is 0.123 e. The first-order valence-corrected chi connectivity index (χ1v) is 8.66. The molecule has 25 heavy (non-hydrogen) atoms. The Labute approximate surface area is 147 Å². The van der Waals surface area contributed by atoms with Gasteiger partial charge in [-0.05, 0) is 49.2 Å². The van der Waals surface area contributed by atoms with Crippen LogP contribution in [0.1, 0.15) is 36.7 Å². The molecule has 2 atom stereocenters. The number of fused-ring (bicyclic) bond motifs is 1. The Bertz CT molecular complexity index is 859. The zero-order chi connectivity index (χ0) is 17.2. The second kappa shape index (κ2) is 6.69. The Morgan fingerprint density at radius 3 is 3.08 bits per heavy atom. The number of H-pyrrole nitrogens is 1. The molecule has 0 bridgehead atoms. The normalized spacial score (nSPS) is 17.1. The summed E-state index contributed by atoms with van der Waals surface area (Å²) in [6.07, 6.45) is 4.86. The minimum absolute atomic E-state index is 0.256. The van der Waals surface area contributed by atoms with E-state index in [0.717, 1.165) is 35.7 Å². The lowest BCUT2D eigenvalue weighted by Crippen LogP contribution is -2.18. The second-order valence-electron chi connectivity index (χ2n) is 6.62. The van der Waals surface area contributed by atoms with E-state index >= 15 is 0 Å². The molecular formula is C20H22N4O. The molecule has 1 aliphatic rings. The number of pyridine rings is 1. The van der Waals surface area contributed by atoms with E-state index in [1.54, 1.807) is 6.20 Å². The first-order chi connectivity index (χ1) is 12.2. The van der Waals surface area contributed by atoms with E-state index in [4.69, 9.17) is 4.74 Å². The molecule has 2 N–H and O–H groups in total. The van der Waals surface area contributed by atoms with Gasteiger partial charge in [0.1, 0.15) is 11.9 Å². The van der Waals surface area contributed by atoms with E-state index in [-0.39, 0.29) is 12.1 Å². The average molecular weight is 334 g/mol. The van der Waals surface area contributed by atoms with Crippen LogP contribution >= 0.6 is 0 Å². The van der Waals surface area contributed by atoms with Gasteiger partial charge < -0.3 is 10.1 Å². The summed E-state index contributed by atoms with van der Waals surface area (Å²) in [5, 5.41) is 11.0. The lowest BCUT2D eigenvalue weighted by atomic mass is 10.0. The van der Waals surface area contributed by atoms with Gasteiger partial charge in [-0.3, -0.25) is 10.1 Å². The lowest BCUT2D eigenvalue weighted by Gasteiger charge is -2.14. The summed E-state index contributed by atoms with van der Waals surface area (Å²) < 4.78 is 5.78. The summed E-state index contributed by atoms with van der Waals surface area (Å²) in [4.78, 5) is 4.14. The molecule has 0 spiro atoms. The number of hydrogen-bond acceptors (Lipinski definition) is 4. The number of benzene rings is 1. The number of aromatic nitrogens is 3. The van der Waals surface area contributed by atoms with Gasteiger partial charge in [-0.15, -0.1) is 0 Å². The molecule has 0 radical (unpaired) electrons. The molecule has 0 saturated heterocycles. The highest BCUT2D eigenvalue weighted by Gasteiger charge is 2.20. The van der Waals surface area contributed by atoms with Crippen LogP contribution in [-0.2, 0) is 13.0 Å². The third-order valence-electron chi connectivity index (χ3n) is 4.61. The van der Waals surface area contributed by atoms with Gasteiger partial charge in [-0.1, -0.05) is 12.1 Å². The van der Waals surface area contributed by atoms with Gasteiger partial charge in [0.15, 0.2) is 0 Å². The number of nitrogens with zero attached hydrogens (tertiary/aromatic N) is 2. The Balaban J connectivity index is 1.40. The summed E-state index contributed by atoms with van der Waals surface area (Å²) in [6, 6.07) is 12.7. The topological polar surface area (TPSA) is 62.8 Å². The molecule has 2 aromatic heterocycles. The fraction of sp³-hybridized carbons (Fsp3) is 0.300. The maximum Gasteiger partial charge on any atom is 0.123 e. The molecule has 0 fully saturated rings. The quantitative estimate of drug-likeness (QED) is 0.748. The molecule has 1 aliphatic heterocycles. The van der Waals surface area contributed by atoms with Crippen LogP contribution in [0.4, 0.5) is 0 Å². The molecule has 0 amide bonds. The number of nitrogens with one attached hydrogen (secondary N) is 2. The largest absolute Gasteiger partial charge is 0.490 e. The molecule has 128 valence electrons. The summed E-state index contributed by atoms with van der Waals surface area (Å²) >= 11 is 0. The molecule has 5 heteroatoms. The maximum atomic E-state index is 5.78. The van der Waals surface area contributed by atoms with Crippen molar-refractivity contribution in [1.82, 2.24) is 20.5 Å². The van der Waals surface area contributed by atoms with Gasteiger partial charge in [-0.2, -0.15) is 5.10 Å². The fourth-order valence-corrected chi connectivity index (χ4v) is 3.21. The van der Waals surface area contributed by atoms with Crippen molar-refractivity contribution in [2.24, 2.45) is 0 Å². The third-order valence-corrected chi connectivity index (χ3v) is 4.61. The van der Waals surface area contributed by atoms with Crippen molar-refractivity contribution < 1.29 is 4.74 Å². The van der Waals surface area contributed by atoms with Crippen LogP contribution in [0.2, 0.25) is 0 Å². The van der Waals surface area contributed by atoms with Crippen molar-refractivity contribution in [2.45, 2.75) is 39.0 Å². The minimum Gasteiger partial charge on any atom is -0.490 e. The van der Waals surface area contributed by atoms with E-state index in [2.05, 4.69) is 58.6 Å². The standard InChI is InChI=1S/C20H22N4O/c1-13-8-17-9-15(5-6-20(17)25-13)14(2)22-12-18-10-19(24-23-18)16-4-3-7-21-11-16/h3-7,9-11,13-14,22H,8,12H2,1-2H3,(H,23,24)/t13?,14-/m0/s1. The Hall–Kier alpha value is -2.66. The number of aromatic amines is 1. The Morgan fingerprint density at radius 1 is 1.32 bits per heavy atom. The fourth-order valence-electron chi connectivity index (χ4n) is 3.21. The van der Waals surface area contributed by atoms with E-state index < -0.39 is 0 Å². The molecule has 5 nitrogen and oxygen atoms in total. The third kappa shape index (κ3) is 3.42.